The number of rotatable bonds is 7. The van der Waals surface area contributed by atoms with Crippen LogP contribution >= 0.6 is 0 Å². The summed E-state index contributed by atoms with van der Waals surface area (Å²) in [5.74, 6) is -3.65. The van der Waals surface area contributed by atoms with Gasteiger partial charge in [0.1, 0.15) is 12.7 Å². The Kier molecular flexibility index (Phi) is 7.58. The molecule has 4 atom stereocenters. The van der Waals surface area contributed by atoms with E-state index in [0.29, 0.717) is 10.8 Å². The van der Waals surface area contributed by atoms with Gasteiger partial charge in [0.05, 0.1) is 17.3 Å². The summed E-state index contributed by atoms with van der Waals surface area (Å²) < 4.78 is 36.8. The third-order valence-corrected chi connectivity index (χ3v) is 5.43. The average molecular weight is 512 g/mol. The molecule has 0 saturated carbocycles. The number of aromatic amines is 1. The van der Waals surface area contributed by atoms with Crippen LogP contribution in [0.15, 0.2) is 76.4 Å². The lowest BCUT2D eigenvalue weighted by molar-refractivity contribution is -0.156. The van der Waals surface area contributed by atoms with E-state index in [0.717, 1.165) is 6.92 Å². The standard InChI is InChI=1S/C25H21FN2O9/c1-14(29)35-20-19(37-24(32)16-10-6-3-7-11-16)18(13-34-23(31)15-8-4-2-5-9-15)36-22(20)28-12-17(26)21(30)27-25(28)33/h2-12,18-20,22H,13H2,1H3,(H,27,30,33)/t18-,19+,20-,22-/m0/s1. The Morgan fingerprint density at radius 2 is 1.51 bits per heavy atom. The van der Waals surface area contributed by atoms with Crippen LogP contribution in [-0.4, -0.2) is 52.4 Å². The van der Waals surface area contributed by atoms with Crippen molar-refractivity contribution in [2.24, 2.45) is 0 Å². The predicted molar refractivity (Wildman–Crippen MR) is 123 cm³/mol. The van der Waals surface area contributed by atoms with E-state index in [1.165, 1.54) is 24.3 Å². The summed E-state index contributed by atoms with van der Waals surface area (Å²) in [6.07, 6.45) is -5.04. The summed E-state index contributed by atoms with van der Waals surface area (Å²) in [5.41, 5.74) is -1.92. The number of halogens is 1. The van der Waals surface area contributed by atoms with Gasteiger partial charge < -0.3 is 18.9 Å². The summed E-state index contributed by atoms with van der Waals surface area (Å²) in [6.45, 7) is 0.599. The molecule has 0 unspecified atom stereocenters. The summed E-state index contributed by atoms with van der Waals surface area (Å²) in [7, 11) is 0. The maximum atomic E-state index is 14.0. The van der Waals surface area contributed by atoms with E-state index in [1.807, 2.05) is 0 Å². The zero-order chi connectivity index (χ0) is 26.5. The molecule has 1 fully saturated rings. The van der Waals surface area contributed by atoms with E-state index in [1.54, 1.807) is 41.4 Å². The van der Waals surface area contributed by atoms with Crippen LogP contribution in [0, 0.1) is 5.82 Å². The number of nitrogens with one attached hydrogen (secondary N) is 1. The molecule has 0 amide bonds. The molecule has 0 bridgehead atoms. The number of benzene rings is 2. The molecule has 2 aromatic carbocycles. The monoisotopic (exact) mass is 512 g/mol. The van der Waals surface area contributed by atoms with E-state index in [4.69, 9.17) is 18.9 Å². The van der Waals surface area contributed by atoms with Crippen molar-refractivity contribution in [1.82, 2.24) is 9.55 Å². The molecule has 1 aromatic heterocycles. The van der Waals surface area contributed by atoms with E-state index in [-0.39, 0.29) is 11.1 Å². The Hall–Kier alpha value is -4.58. The lowest BCUT2D eigenvalue weighted by Gasteiger charge is -2.24. The van der Waals surface area contributed by atoms with Gasteiger partial charge in [0.15, 0.2) is 18.4 Å². The molecule has 1 N–H and O–H groups in total. The van der Waals surface area contributed by atoms with Crippen LogP contribution in [0.1, 0.15) is 33.9 Å². The van der Waals surface area contributed by atoms with Gasteiger partial charge in [-0.3, -0.25) is 19.1 Å². The minimum absolute atomic E-state index is 0.166. The Morgan fingerprint density at radius 3 is 2.11 bits per heavy atom. The van der Waals surface area contributed by atoms with Gasteiger partial charge in [-0.25, -0.2) is 14.4 Å². The molecule has 1 aliphatic heterocycles. The number of carbonyl (C=O) groups is 3. The maximum Gasteiger partial charge on any atom is 0.338 e. The minimum Gasteiger partial charge on any atom is -0.459 e. The Balaban J connectivity index is 1.68. The third-order valence-electron chi connectivity index (χ3n) is 5.43. The first-order chi connectivity index (χ1) is 17.7. The van der Waals surface area contributed by atoms with Gasteiger partial charge in [0, 0.05) is 6.92 Å². The van der Waals surface area contributed by atoms with Crippen molar-refractivity contribution in [3.8, 4) is 0 Å². The van der Waals surface area contributed by atoms with E-state index in [2.05, 4.69) is 0 Å². The highest BCUT2D eigenvalue weighted by molar-refractivity contribution is 5.90. The fourth-order valence-electron chi connectivity index (χ4n) is 3.76. The Bertz CT molecular complexity index is 1400. The second-order valence-electron chi connectivity index (χ2n) is 7.98. The van der Waals surface area contributed by atoms with Gasteiger partial charge in [-0.1, -0.05) is 36.4 Å². The number of ether oxygens (including phenoxy) is 4. The van der Waals surface area contributed by atoms with Gasteiger partial charge in [0.2, 0.25) is 5.82 Å². The molecule has 4 rings (SSSR count). The number of hydrogen-bond acceptors (Lipinski definition) is 9. The number of esters is 3. The van der Waals surface area contributed by atoms with Crippen LogP contribution in [0.5, 0.6) is 0 Å². The molecule has 0 spiro atoms. The molecule has 12 heteroatoms. The highest BCUT2D eigenvalue weighted by Gasteiger charge is 2.51. The number of nitrogens with zero attached hydrogens (tertiary/aromatic N) is 1. The molecule has 3 aromatic rings. The lowest BCUT2D eigenvalue weighted by Crippen LogP contribution is -2.43. The van der Waals surface area contributed by atoms with Gasteiger partial charge in [0.25, 0.3) is 5.56 Å². The van der Waals surface area contributed by atoms with Crippen LogP contribution in [-0.2, 0) is 23.7 Å². The Morgan fingerprint density at radius 1 is 0.919 bits per heavy atom. The van der Waals surface area contributed by atoms with Crippen LogP contribution in [0.25, 0.3) is 0 Å². The number of aromatic nitrogens is 2. The quantitative estimate of drug-likeness (QED) is 0.369. The smallest absolute Gasteiger partial charge is 0.338 e. The molecule has 0 radical (unpaired) electrons. The summed E-state index contributed by atoms with van der Waals surface area (Å²) >= 11 is 0. The zero-order valence-corrected chi connectivity index (χ0v) is 19.4. The van der Waals surface area contributed by atoms with Crippen molar-refractivity contribution in [2.75, 3.05) is 6.61 Å². The van der Waals surface area contributed by atoms with Gasteiger partial charge in [-0.05, 0) is 24.3 Å². The summed E-state index contributed by atoms with van der Waals surface area (Å²) in [6, 6.07) is 15.9. The van der Waals surface area contributed by atoms with Gasteiger partial charge >= 0.3 is 23.6 Å². The summed E-state index contributed by atoms with van der Waals surface area (Å²) in [5, 5.41) is 0. The van der Waals surface area contributed by atoms with Crippen molar-refractivity contribution < 1.29 is 37.7 Å². The second kappa shape index (κ2) is 11.0. The molecule has 37 heavy (non-hydrogen) atoms. The lowest BCUT2D eigenvalue weighted by atomic mass is 10.1. The van der Waals surface area contributed by atoms with Crippen LogP contribution in [0.4, 0.5) is 4.39 Å². The van der Waals surface area contributed by atoms with Gasteiger partial charge in [-0.2, -0.15) is 4.39 Å². The van der Waals surface area contributed by atoms with E-state index >= 15 is 0 Å². The van der Waals surface area contributed by atoms with Gasteiger partial charge in [-0.15, -0.1) is 0 Å². The SMILES string of the molecule is CC(=O)O[C@H]1[C@H](OC(=O)c2ccccc2)[C@H](COC(=O)c2ccccc2)O[C@@H]1n1cc(F)c(=O)[nH]c1=O. The van der Waals surface area contributed by atoms with Crippen molar-refractivity contribution in [3.63, 3.8) is 0 Å². The first kappa shape index (κ1) is 25.5. The molecule has 11 nitrogen and oxygen atoms in total. The maximum absolute atomic E-state index is 14.0. The number of H-pyrrole nitrogens is 1. The molecule has 1 saturated heterocycles. The molecule has 2 heterocycles. The van der Waals surface area contributed by atoms with Crippen molar-refractivity contribution in [3.05, 3.63) is 105 Å². The first-order valence-corrected chi connectivity index (χ1v) is 11.1. The zero-order valence-electron chi connectivity index (χ0n) is 19.4. The molecular formula is C25H21FN2O9. The minimum atomic E-state index is -1.53. The fraction of sp³-hybridized carbons (Fsp3) is 0.240. The average Bonchev–Trinajstić information content (AvgIpc) is 3.21. The van der Waals surface area contributed by atoms with Crippen molar-refractivity contribution in [1.29, 1.82) is 0 Å². The highest BCUT2D eigenvalue weighted by Crippen LogP contribution is 2.34. The third kappa shape index (κ3) is 5.81. The Labute approximate surface area is 208 Å². The number of hydrogen-bond donors (Lipinski definition) is 1. The topological polar surface area (TPSA) is 143 Å². The summed E-state index contributed by atoms with van der Waals surface area (Å²) in [4.78, 5) is 63.0. The molecule has 1 aliphatic rings. The van der Waals surface area contributed by atoms with Crippen molar-refractivity contribution >= 4 is 17.9 Å². The van der Waals surface area contributed by atoms with Crippen LogP contribution in [0.2, 0.25) is 0 Å². The molecule has 0 aliphatic carbocycles. The predicted octanol–water partition coefficient (Wildman–Crippen LogP) is 1.59. The van der Waals surface area contributed by atoms with E-state index < -0.39 is 66.1 Å². The van der Waals surface area contributed by atoms with Crippen LogP contribution < -0.4 is 11.2 Å². The van der Waals surface area contributed by atoms with Crippen LogP contribution in [0.3, 0.4) is 0 Å². The van der Waals surface area contributed by atoms with Crippen molar-refractivity contribution in [2.45, 2.75) is 31.5 Å². The largest absolute Gasteiger partial charge is 0.459 e. The fourth-order valence-corrected chi connectivity index (χ4v) is 3.76. The molecule has 192 valence electrons. The normalized spacial score (nSPS) is 20.7. The first-order valence-electron chi connectivity index (χ1n) is 11.1. The molecular weight excluding hydrogens is 491 g/mol. The highest BCUT2D eigenvalue weighted by atomic mass is 19.1. The van der Waals surface area contributed by atoms with E-state index in [9.17, 15) is 28.4 Å². The number of carbonyl (C=O) groups excluding carboxylic acids is 3. The second-order valence-corrected chi connectivity index (χ2v) is 7.98.